The highest BCUT2D eigenvalue weighted by Gasteiger charge is 2.30. The molecular formula is C28H27ClN6O. The Labute approximate surface area is 215 Å². The predicted molar refractivity (Wildman–Crippen MR) is 143 cm³/mol. The minimum absolute atomic E-state index is 0.267. The molecule has 1 unspecified atom stereocenters. The van der Waals surface area contributed by atoms with Gasteiger partial charge in [-0.25, -0.2) is 9.97 Å². The lowest BCUT2D eigenvalue weighted by Gasteiger charge is -2.22. The highest BCUT2D eigenvalue weighted by atomic mass is 35.5. The molecule has 0 spiro atoms. The average molecular weight is 499 g/mol. The van der Waals surface area contributed by atoms with Gasteiger partial charge in [0.05, 0.1) is 11.4 Å². The van der Waals surface area contributed by atoms with Crippen molar-refractivity contribution in [2.75, 3.05) is 30.4 Å². The number of anilines is 3. The van der Waals surface area contributed by atoms with Crippen LogP contribution in [-0.2, 0) is 6.42 Å². The fraction of sp³-hybridized carbons (Fsp3) is 0.250. The summed E-state index contributed by atoms with van der Waals surface area (Å²) in [5, 5.41) is 3.88. The van der Waals surface area contributed by atoms with Crippen LogP contribution in [0.3, 0.4) is 0 Å². The summed E-state index contributed by atoms with van der Waals surface area (Å²) in [6, 6.07) is 16.6. The zero-order chi connectivity index (χ0) is 24.5. The highest BCUT2D eigenvalue weighted by molar-refractivity contribution is 6.29. The standard InChI is InChI=1S/C28H27ClN6O/c1-34-14-6-3-7-15-36-24-16-20(10-13-23(24)35-17-25(29)30-18-35)31-28-32-26-21(19-8-4-2-5-9-19)11-12-22(26)27(34)33-28/h2-5,7-10,13,16-18,21H,6,11-12,14-15H2,1H3,(H,31,32,33)/b7-3+. The van der Waals surface area contributed by atoms with E-state index in [9.17, 15) is 0 Å². The molecule has 6 rings (SSSR count). The van der Waals surface area contributed by atoms with Crippen LogP contribution < -0.4 is 15.0 Å². The second-order valence-electron chi connectivity index (χ2n) is 9.14. The van der Waals surface area contributed by atoms with Gasteiger partial charge in [0.25, 0.3) is 0 Å². The van der Waals surface area contributed by atoms with E-state index in [2.05, 4.69) is 64.7 Å². The van der Waals surface area contributed by atoms with Crippen LogP contribution in [-0.4, -0.2) is 39.7 Å². The van der Waals surface area contributed by atoms with Crippen LogP contribution in [0.4, 0.5) is 17.5 Å². The van der Waals surface area contributed by atoms with Crippen LogP contribution >= 0.6 is 11.6 Å². The van der Waals surface area contributed by atoms with E-state index in [0.29, 0.717) is 17.7 Å². The summed E-state index contributed by atoms with van der Waals surface area (Å²) < 4.78 is 8.00. The monoisotopic (exact) mass is 498 g/mol. The Hall–Kier alpha value is -3.84. The van der Waals surface area contributed by atoms with Crippen molar-refractivity contribution >= 4 is 29.1 Å². The third-order valence-corrected chi connectivity index (χ3v) is 6.97. The van der Waals surface area contributed by atoms with Crippen molar-refractivity contribution in [3.8, 4) is 11.4 Å². The molecule has 1 aliphatic heterocycles. The molecule has 4 aromatic rings. The minimum Gasteiger partial charge on any atom is -0.487 e. The first-order chi connectivity index (χ1) is 17.7. The van der Waals surface area contributed by atoms with Gasteiger partial charge in [0.2, 0.25) is 5.95 Å². The molecule has 7 nitrogen and oxygen atoms in total. The van der Waals surface area contributed by atoms with Gasteiger partial charge in [-0.05, 0) is 37.0 Å². The summed E-state index contributed by atoms with van der Waals surface area (Å²) in [6.07, 6.45) is 10.6. The summed E-state index contributed by atoms with van der Waals surface area (Å²) >= 11 is 6.07. The fourth-order valence-electron chi connectivity index (χ4n) is 5.00. The first-order valence-electron chi connectivity index (χ1n) is 12.2. The van der Waals surface area contributed by atoms with Crippen molar-refractivity contribution in [2.45, 2.75) is 25.2 Å². The Morgan fingerprint density at radius 1 is 1.08 bits per heavy atom. The van der Waals surface area contributed by atoms with Gasteiger partial charge in [-0.15, -0.1) is 0 Å². The lowest BCUT2D eigenvalue weighted by atomic mass is 9.97. The fourth-order valence-corrected chi connectivity index (χ4v) is 5.15. The molecule has 3 heterocycles. The number of halogens is 1. The maximum absolute atomic E-state index is 6.14. The quantitative estimate of drug-likeness (QED) is 0.346. The lowest BCUT2D eigenvalue weighted by Crippen LogP contribution is -2.22. The topological polar surface area (TPSA) is 68.1 Å². The van der Waals surface area contributed by atoms with Gasteiger partial charge in [-0.3, -0.25) is 0 Å². The van der Waals surface area contributed by atoms with E-state index in [1.807, 2.05) is 22.8 Å². The van der Waals surface area contributed by atoms with Crippen LogP contribution in [0.5, 0.6) is 5.75 Å². The predicted octanol–water partition coefficient (Wildman–Crippen LogP) is 5.91. The molecule has 0 radical (unpaired) electrons. The van der Waals surface area contributed by atoms with Gasteiger partial charge >= 0.3 is 0 Å². The summed E-state index contributed by atoms with van der Waals surface area (Å²) in [5.74, 6) is 2.59. The molecule has 2 aromatic carbocycles. The number of imidazole rings is 1. The molecule has 1 atom stereocenters. The molecule has 182 valence electrons. The number of fused-ring (bicyclic) bond motifs is 6. The second-order valence-corrected chi connectivity index (χ2v) is 9.53. The van der Waals surface area contributed by atoms with Crippen molar-refractivity contribution in [3.63, 3.8) is 0 Å². The van der Waals surface area contributed by atoms with Gasteiger partial charge in [0.15, 0.2) is 0 Å². The van der Waals surface area contributed by atoms with Crippen LogP contribution in [0, 0.1) is 0 Å². The van der Waals surface area contributed by atoms with E-state index in [1.54, 1.807) is 12.5 Å². The number of rotatable bonds is 2. The van der Waals surface area contributed by atoms with E-state index < -0.39 is 0 Å². The molecule has 1 aliphatic carbocycles. The number of nitrogens with one attached hydrogen (secondary N) is 1. The van der Waals surface area contributed by atoms with Crippen molar-refractivity contribution in [1.82, 2.24) is 19.5 Å². The average Bonchev–Trinajstić information content (AvgIpc) is 3.52. The summed E-state index contributed by atoms with van der Waals surface area (Å²) in [5.41, 5.74) is 5.38. The summed E-state index contributed by atoms with van der Waals surface area (Å²) in [6.45, 7) is 1.33. The van der Waals surface area contributed by atoms with E-state index >= 15 is 0 Å². The Morgan fingerprint density at radius 2 is 1.97 bits per heavy atom. The number of aromatic nitrogens is 4. The molecule has 36 heavy (non-hydrogen) atoms. The molecule has 0 fully saturated rings. The van der Waals surface area contributed by atoms with Gasteiger partial charge in [0, 0.05) is 43.0 Å². The SMILES string of the molecule is CN1CC/C=C/COc2cc(ccc2-n2cnc(Cl)c2)Nc2nc3c(c1n2)CCC3c1ccccc1. The lowest BCUT2D eigenvalue weighted by molar-refractivity contribution is 0.361. The van der Waals surface area contributed by atoms with E-state index in [0.717, 1.165) is 54.4 Å². The number of hydrogen-bond donors (Lipinski definition) is 1. The molecule has 1 N–H and O–H groups in total. The van der Waals surface area contributed by atoms with E-state index in [1.165, 1.54) is 11.1 Å². The molecular weight excluding hydrogens is 472 g/mol. The second kappa shape index (κ2) is 9.66. The Balaban J connectivity index is 1.43. The molecule has 2 aliphatic rings. The third-order valence-electron chi connectivity index (χ3n) is 6.77. The van der Waals surface area contributed by atoms with Crippen molar-refractivity contribution in [1.29, 1.82) is 0 Å². The van der Waals surface area contributed by atoms with Crippen molar-refractivity contribution in [2.24, 2.45) is 0 Å². The number of ether oxygens (including phenoxy) is 1. The first kappa shape index (κ1) is 22.6. The Kier molecular flexibility index (Phi) is 6.07. The summed E-state index contributed by atoms with van der Waals surface area (Å²) in [7, 11) is 2.11. The molecule has 0 saturated heterocycles. The highest BCUT2D eigenvalue weighted by Crippen LogP contribution is 2.41. The summed E-state index contributed by atoms with van der Waals surface area (Å²) in [4.78, 5) is 16.4. The Bertz CT molecular complexity index is 1420. The molecule has 2 aromatic heterocycles. The minimum atomic E-state index is 0.267. The zero-order valence-corrected chi connectivity index (χ0v) is 20.8. The zero-order valence-electron chi connectivity index (χ0n) is 20.1. The number of nitrogens with zero attached hydrogens (tertiary/aromatic N) is 5. The molecule has 0 saturated carbocycles. The maximum atomic E-state index is 6.14. The van der Waals surface area contributed by atoms with Crippen LogP contribution in [0.1, 0.15) is 35.6 Å². The van der Waals surface area contributed by atoms with Crippen LogP contribution in [0.2, 0.25) is 5.15 Å². The van der Waals surface area contributed by atoms with Crippen LogP contribution in [0.15, 0.2) is 73.2 Å². The molecule has 0 amide bonds. The number of hydrogen-bond acceptors (Lipinski definition) is 6. The van der Waals surface area contributed by atoms with Gasteiger partial charge in [0.1, 0.15) is 29.7 Å². The van der Waals surface area contributed by atoms with E-state index in [4.69, 9.17) is 26.3 Å². The van der Waals surface area contributed by atoms with Crippen LogP contribution in [0.25, 0.3) is 5.69 Å². The smallest absolute Gasteiger partial charge is 0.229 e. The van der Waals surface area contributed by atoms with Gasteiger partial charge in [-0.2, -0.15) is 4.98 Å². The van der Waals surface area contributed by atoms with Crippen molar-refractivity contribution < 1.29 is 4.74 Å². The Morgan fingerprint density at radius 3 is 2.81 bits per heavy atom. The van der Waals surface area contributed by atoms with E-state index in [-0.39, 0.29) is 5.92 Å². The normalized spacial score (nSPS) is 18.1. The maximum Gasteiger partial charge on any atom is 0.229 e. The molecule has 4 bridgehead atoms. The first-order valence-corrected chi connectivity index (χ1v) is 12.6. The third kappa shape index (κ3) is 4.42. The number of benzene rings is 2. The molecule has 8 heteroatoms. The van der Waals surface area contributed by atoms with Gasteiger partial charge < -0.3 is 19.5 Å². The largest absolute Gasteiger partial charge is 0.487 e. The van der Waals surface area contributed by atoms with Gasteiger partial charge in [-0.1, -0.05) is 54.1 Å². The van der Waals surface area contributed by atoms with Crippen molar-refractivity contribution in [3.05, 3.63) is 95.2 Å².